The molecule has 0 bridgehead atoms. The number of aromatic nitrogens is 4. The summed E-state index contributed by atoms with van der Waals surface area (Å²) in [5.41, 5.74) is -1.57. The first-order valence-electron chi connectivity index (χ1n) is 7.28. The number of nitrogens with zero attached hydrogens (tertiary/aromatic N) is 6. The van der Waals surface area contributed by atoms with Gasteiger partial charge in [0.05, 0.1) is 6.07 Å². The molecule has 3 rings (SSSR count). The van der Waals surface area contributed by atoms with E-state index in [1.165, 1.54) is 0 Å². The average molecular weight is 356 g/mol. The normalized spacial score (nSPS) is 10.3. The summed E-state index contributed by atoms with van der Waals surface area (Å²) in [6, 6.07) is 11.9. The van der Waals surface area contributed by atoms with E-state index in [-0.39, 0.29) is 6.54 Å². The Morgan fingerprint density at radius 2 is 1.73 bits per heavy atom. The number of para-hydroxylation sites is 2. The van der Waals surface area contributed by atoms with Crippen LogP contribution in [0.4, 0.5) is 19.3 Å². The lowest BCUT2D eigenvalue weighted by molar-refractivity contribution is 0.244. The first-order chi connectivity index (χ1) is 12.5. The minimum atomic E-state index is -1.17. The SMILES string of the molecule is N#CCN(C(=O)n1nnn(-c2c(F)cccc2F)c1=O)c1ccccc1. The number of benzene rings is 2. The van der Waals surface area contributed by atoms with Gasteiger partial charge in [-0.2, -0.15) is 9.94 Å². The van der Waals surface area contributed by atoms with Gasteiger partial charge >= 0.3 is 11.7 Å². The number of tetrazole rings is 1. The summed E-state index contributed by atoms with van der Waals surface area (Å²) in [4.78, 5) is 26.0. The van der Waals surface area contributed by atoms with Crippen LogP contribution in [0.1, 0.15) is 0 Å². The van der Waals surface area contributed by atoms with Gasteiger partial charge in [0.15, 0.2) is 11.6 Å². The molecule has 0 N–H and O–H groups in total. The van der Waals surface area contributed by atoms with Crippen LogP contribution >= 0.6 is 0 Å². The summed E-state index contributed by atoms with van der Waals surface area (Å²) >= 11 is 0. The van der Waals surface area contributed by atoms with Crippen molar-refractivity contribution in [1.82, 2.24) is 19.8 Å². The van der Waals surface area contributed by atoms with Crippen LogP contribution < -0.4 is 10.6 Å². The van der Waals surface area contributed by atoms with E-state index >= 15 is 0 Å². The summed E-state index contributed by atoms with van der Waals surface area (Å²) in [6.07, 6.45) is 0. The Hall–Kier alpha value is -3.87. The molecule has 0 aliphatic rings. The lowest BCUT2D eigenvalue weighted by Crippen LogP contribution is -2.41. The highest BCUT2D eigenvalue weighted by atomic mass is 19.1. The molecule has 0 radical (unpaired) electrons. The van der Waals surface area contributed by atoms with Crippen molar-refractivity contribution in [3.63, 3.8) is 0 Å². The van der Waals surface area contributed by atoms with Crippen molar-refractivity contribution < 1.29 is 13.6 Å². The number of anilines is 1. The number of carbonyl (C=O) groups excluding carboxylic acids is 1. The van der Waals surface area contributed by atoms with Crippen molar-refractivity contribution in [3.05, 3.63) is 70.6 Å². The highest BCUT2D eigenvalue weighted by molar-refractivity contribution is 5.93. The standard InChI is InChI=1S/C16H10F2N6O2/c17-12-7-4-8-13(18)14(12)23-16(26)24(21-20-23)15(25)22(10-9-19)11-5-2-1-3-6-11/h1-8H,10H2. The number of hydrogen-bond donors (Lipinski definition) is 0. The van der Waals surface area contributed by atoms with Gasteiger partial charge < -0.3 is 0 Å². The smallest absolute Gasteiger partial charge is 0.279 e. The molecular weight excluding hydrogens is 346 g/mol. The second-order valence-corrected chi connectivity index (χ2v) is 5.02. The monoisotopic (exact) mass is 356 g/mol. The highest BCUT2D eigenvalue weighted by Crippen LogP contribution is 2.15. The van der Waals surface area contributed by atoms with E-state index < -0.39 is 29.0 Å². The number of rotatable bonds is 3. The molecule has 0 unspecified atom stereocenters. The summed E-state index contributed by atoms with van der Waals surface area (Å²) < 4.78 is 28.4. The Balaban J connectivity index is 2.06. The molecule has 0 aliphatic heterocycles. The van der Waals surface area contributed by atoms with Gasteiger partial charge in [-0.1, -0.05) is 24.3 Å². The third-order valence-electron chi connectivity index (χ3n) is 3.44. The molecule has 1 heterocycles. The Bertz CT molecular complexity index is 1030. The Kier molecular flexibility index (Phi) is 4.53. The molecule has 1 aromatic heterocycles. The molecule has 2 aromatic carbocycles. The number of amides is 1. The molecule has 26 heavy (non-hydrogen) atoms. The van der Waals surface area contributed by atoms with E-state index in [0.717, 1.165) is 23.1 Å². The van der Waals surface area contributed by atoms with Crippen molar-refractivity contribution in [1.29, 1.82) is 5.26 Å². The van der Waals surface area contributed by atoms with Crippen molar-refractivity contribution >= 4 is 11.7 Å². The summed E-state index contributed by atoms with van der Waals surface area (Å²) in [6.45, 7) is -0.365. The maximum Gasteiger partial charge on any atom is 0.377 e. The minimum absolute atomic E-state index is 0.330. The van der Waals surface area contributed by atoms with E-state index in [1.54, 1.807) is 30.3 Å². The van der Waals surface area contributed by atoms with Crippen LogP contribution in [0.3, 0.4) is 0 Å². The fourth-order valence-corrected chi connectivity index (χ4v) is 2.26. The van der Waals surface area contributed by atoms with Gasteiger partial charge in [0.25, 0.3) is 0 Å². The van der Waals surface area contributed by atoms with Crippen molar-refractivity contribution in [2.45, 2.75) is 0 Å². The number of nitriles is 1. The maximum atomic E-state index is 13.9. The molecule has 0 saturated heterocycles. The minimum Gasteiger partial charge on any atom is -0.279 e. The van der Waals surface area contributed by atoms with Gasteiger partial charge in [0.1, 0.15) is 12.2 Å². The van der Waals surface area contributed by atoms with Gasteiger partial charge in [-0.25, -0.2) is 18.4 Å². The second kappa shape index (κ2) is 6.94. The van der Waals surface area contributed by atoms with E-state index in [1.807, 2.05) is 6.07 Å². The number of hydrogen-bond acceptors (Lipinski definition) is 5. The number of carbonyl (C=O) groups is 1. The predicted molar refractivity (Wildman–Crippen MR) is 85.7 cm³/mol. The van der Waals surface area contributed by atoms with Gasteiger partial charge in [-0.15, -0.1) is 4.68 Å². The Morgan fingerprint density at radius 3 is 2.35 bits per heavy atom. The summed E-state index contributed by atoms with van der Waals surface area (Å²) in [5, 5.41) is 15.7. The Morgan fingerprint density at radius 1 is 1.08 bits per heavy atom. The first-order valence-corrected chi connectivity index (χ1v) is 7.28. The van der Waals surface area contributed by atoms with Crippen LogP contribution in [0.5, 0.6) is 0 Å². The molecule has 8 nitrogen and oxygen atoms in total. The van der Waals surface area contributed by atoms with Gasteiger partial charge in [0, 0.05) is 5.69 Å². The van der Waals surface area contributed by atoms with E-state index in [9.17, 15) is 18.4 Å². The zero-order chi connectivity index (χ0) is 18.7. The molecule has 0 atom stereocenters. The molecule has 130 valence electrons. The molecule has 10 heteroatoms. The van der Waals surface area contributed by atoms with Crippen LogP contribution in [-0.2, 0) is 0 Å². The zero-order valence-electron chi connectivity index (χ0n) is 13.1. The van der Waals surface area contributed by atoms with E-state index in [2.05, 4.69) is 10.4 Å². The maximum absolute atomic E-state index is 13.9. The lowest BCUT2D eigenvalue weighted by atomic mass is 10.3. The van der Waals surface area contributed by atoms with Gasteiger partial charge in [-0.05, 0) is 34.7 Å². The van der Waals surface area contributed by atoms with Crippen LogP contribution in [0.25, 0.3) is 5.69 Å². The molecule has 0 fully saturated rings. The van der Waals surface area contributed by atoms with E-state index in [4.69, 9.17) is 5.26 Å². The van der Waals surface area contributed by atoms with Crippen molar-refractivity contribution in [2.24, 2.45) is 0 Å². The van der Waals surface area contributed by atoms with Crippen LogP contribution in [0, 0.1) is 23.0 Å². The van der Waals surface area contributed by atoms with Crippen molar-refractivity contribution in [3.8, 4) is 11.8 Å². The Labute approximate surface area is 145 Å². The molecule has 0 spiro atoms. The van der Waals surface area contributed by atoms with Gasteiger partial charge in [0.2, 0.25) is 0 Å². The highest BCUT2D eigenvalue weighted by Gasteiger charge is 2.24. The largest absolute Gasteiger partial charge is 0.377 e. The quantitative estimate of drug-likeness (QED) is 0.526. The molecule has 0 saturated carbocycles. The third-order valence-corrected chi connectivity index (χ3v) is 3.44. The predicted octanol–water partition coefficient (Wildman–Crippen LogP) is 1.71. The number of halogens is 2. The van der Waals surface area contributed by atoms with Crippen LogP contribution in [0.2, 0.25) is 0 Å². The average Bonchev–Trinajstić information content (AvgIpc) is 3.01. The van der Waals surface area contributed by atoms with Crippen molar-refractivity contribution in [2.75, 3.05) is 11.4 Å². The molecule has 1 amide bonds. The third kappa shape index (κ3) is 2.93. The van der Waals surface area contributed by atoms with Crippen LogP contribution in [-0.4, -0.2) is 32.4 Å². The van der Waals surface area contributed by atoms with E-state index in [0.29, 0.717) is 15.1 Å². The first kappa shape index (κ1) is 17.0. The summed E-state index contributed by atoms with van der Waals surface area (Å²) in [5.74, 6) is -2.08. The fourth-order valence-electron chi connectivity index (χ4n) is 2.26. The zero-order valence-corrected chi connectivity index (χ0v) is 13.1. The molecule has 0 aliphatic carbocycles. The fraction of sp³-hybridized carbons (Fsp3) is 0.0625. The second-order valence-electron chi connectivity index (χ2n) is 5.02. The van der Waals surface area contributed by atoms with Crippen LogP contribution in [0.15, 0.2) is 53.3 Å². The van der Waals surface area contributed by atoms with Gasteiger partial charge in [-0.3, -0.25) is 4.90 Å². The lowest BCUT2D eigenvalue weighted by Gasteiger charge is -2.17. The topological polar surface area (TPSA) is 96.8 Å². The molecule has 3 aromatic rings. The molecular formula is C16H10F2N6O2. The summed E-state index contributed by atoms with van der Waals surface area (Å²) in [7, 11) is 0.